The predicted molar refractivity (Wildman–Crippen MR) is 77.5 cm³/mol. The van der Waals surface area contributed by atoms with Crippen LogP contribution in [0.15, 0.2) is 0 Å². The third-order valence-corrected chi connectivity index (χ3v) is 2.81. The summed E-state index contributed by atoms with van der Waals surface area (Å²) in [6, 6.07) is -0.312. The fourth-order valence-electron chi connectivity index (χ4n) is 1.54. The van der Waals surface area contributed by atoms with Gasteiger partial charge in [0.1, 0.15) is 0 Å². The third kappa shape index (κ3) is 8.79. The minimum Gasteiger partial charge on any atom is -0.394 e. The molecular formula is C12H24INO3. The van der Waals surface area contributed by atoms with E-state index in [1.807, 2.05) is 0 Å². The largest absolute Gasteiger partial charge is 0.394 e. The minimum absolute atomic E-state index is 0.0960. The molecule has 0 fully saturated rings. The topological polar surface area (TPSA) is 58.6 Å². The Hall–Kier alpha value is 0.120. The molecule has 1 amide bonds. The molecule has 0 rings (SSSR count). The number of rotatable bonds is 8. The minimum atomic E-state index is -0.312. The Morgan fingerprint density at radius 2 is 1.94 bits per heavy atom. The van der Waals surface area contributed by atoms with Crippen LogP contribution < -0.4 is 5.32 Å². The number of aliphatic hydroxyl groups excluding tert-OH is 1. The second kappa shape index (κ2) is 9.10. The number of carbonyl (C=O) groups is 1. The van der Waals surface area contributed by atoms with Gasteiger partial charge in [-0.2, -0.15) is 0 Å². The maximum Gasteiger partial charge on any atom is 0.281 e. The molecule has 0 aromatic heterocycles. The lowest BCUT2D eigenvalue weighted by molar-refractivity contribution is -0.00720. The standard InChI is InChI=1S/C12H24INO3/c1-8(2)5-11(9(3)4)17-7-10(6-15)14-12(13)16/h8-11,15H,5-7H2,1-4H3,(H,14,16). The summed E-state index contributed by atoms with van der Waals surface area (Å²) >= 11 is 1.65. The quantitative estimate of drug-likeness (QED) is 0.399. The van der Waals surface area contributed by atoms with Gasteiger partial charge in [0, 0.05) is 22.6 Å². The SMILES string of the molecule is CC(C)CC(OCC(CO)NC(=O)I)C(C)C. The maximum atomic E-state index is 10.9. The molecule has 0 radical (unpaired) electrons. The lowest BCUT2D eigenvalue weighted by Crippen LogP contribution is -2.40. The van der Waals surface area contributed by atoms with Gasteiger partial charge in [0.2, 0.25) is 0 Å². The van der Waals surface area contributed by atoms with Crippen molar-refractivity contribution in [3.63, 3.8) is 0 Å². The van der Waals surface area contributed by atoms with Crippen molar-refractivity contribution in [2.75, 3.05) is 13.2 Å². The molecule has 0 saturated heterocycles. The van der Waals surface area contributed by atoms with Crippen LogP contribution in [-0.2, 0) is 4.74 Å². The molecule has 2 atom stereocenters. The van der Waals surface area contributed by atoms with E-state index in [4.69, 9.17) is 9.84 Å². The molecule has 0 aromatic carbocycles. The molecule has 0 aliphatic rings. The molecule has 0 bridgehead atoms. The molecule has 4 nitrogen and oxygen atoms in total. The summed E-state index contributed by atoms with van der Waals surface area (Å²) < 4.78 is 5.62. The molecule has 0 aliphatic carbocycles. The average Bonchev–Trinajstić information content (AvgIpc) is 2.20. The summed E-state index contributed by atoms with van der Waals surface area (Å²) in [6.07, 6.45) is 1.17. The zero-order valence-electron chi connectivity index (χ0n) is 11.1. The van der Waals surface area contributed by atoms with Crippen molar-refractivity contribution in [3.8, 4) is 0 Å². The molecule has 2 N–H and O–H groups in total. The number of ether oxygens (including phenoxy) is 1. The van der Waals surface area contributed by atoms with Gasteiger partial charge in [-0.05, 0) is 18.3 Å². The fraction of sp³-hybridized carbons (Fsp3) is 0.917. The highest BCUT2D eigenvalue weighted by Crippen LogP contribution is 2.16. The molecule has 0 aromatic rings. The fourth-order valence-corrected chi connectivity index (χ4v) is 1.98. The zero-order valence-corrected chi connectivity index (χ0v) is 13.2. The van der Waals surface area contributed by atoms with Crippen molar-refractivity contribution < 1.29 is 14.6 Å². The molecular weight excluding hydrogens is 333 g/mol. The Morgan fingerprint density at radius 3 is 2.29 bits per heavy atom. The van der Waals surface area contributed by atoms with E-state index in [-0.39, 0.29) is 22.7 Å². The van der Waals surface area contributed by atoms with Gasteiger partial charge in [0.05, 0.1) is 25.4 Å². The average molecular weight is 357 g/mol. The molecule has 0 aliphatic heterocycles. The number of aliphatic hydroxyl groups is 1. The van der Waals surface area contributed by atoms with E-state index >= 15 is 0 Å². The molecule has 17 heavy (non-hydrogen) atoms. The molecule has 0 saturated carbocycles. The monoisotopic (exact) mass is 357 g/mol. The van der Waals surface area contributed by atoms with Crippen LogP contribution in [0.25, 0.3) is 0 Å². The number of nitrogens with one attached hydrogen (secondary N) is 1. The van der Waals surface area contributed by atoms with Gasteiger partial charge in [0.15, 0.2) is 0 Å². The number of halogens is 1. The van der Waals surface area contributed by atoms with E-state index in [9.17, 15) is 4.79 Å². The van der Waals surface area contributed by atoms with Crippen molar-refractivity contribution in [1.29, 1.82) is 0 Å². The Balaban J connectivity index is 4.12. The van der Waals surface area contributed by atoms with Crippen molar-refractivity contribution in [2.45, 2.75) is 46.3 Å². The Labute approximate surface area is 118 Å². The van der Waals surface area contributed by atoms with Crippen LogP contribution in [0.2, 0.25) is 0 Å². The van der Waals surface area contributed by atoms with Crippen LogP contribution in [0, 0.1) is 11.8 Å². The molecule has 0 heterocycles. The summed E-state index contributed by atoms with van der Waals surface area (Å²) in [7, 11) is 0. The maximum absolute atomic E-state index is 10.9. The first-order valence-electron chi connectivity index (χ1n) is 6.05. The first-order chi connectivity index (χ1) is 7.86. The number of hydrogen-bond acceptors (Lipinski definition) is 3. The lowest BCUT2D eigenvalue weighted by Gasteiger charge is -2.25. The van der Waals surface area contributed by atoms with Crippen molar-refractivity contribution in [1.82, 2.24) is 5.32 Å². The zero-order chi connectivity index (χ0) is 13.4. The summed E-state index contributed by atoms with van der Waals surface area (Å²) in [5.74, 6) is 1.01. The summed E-state index contributed by atoms with van der Waals surface area (Å²) in [5.41, 5.74) is 0. The molecule has 5 heteroatoms. The highest BCUT2D eigenvalue weighted by Gasteiger charge is 2.18. The normalized spacial score (nSPS) is 15.1. The van der Waals surface area contributed by atoms with E-state index in [2.05, 4.69) is 33.0 Å². The Bertz CT molecular complexity index is 222. The number of hydrogen-bond donors (Lipinski definition) is 2. The van der Waals surface area contributed by atoms with Gasteiger partial charge >= 0.3 is 0 Å². The van der Waals surface area contributed by atoms with Crippen LogP contribution in [0.3, 0.4) is 0 Å². The number of carbonyl (C=O) groups excluding carboxylic acids is 1. The summed E-state index contributed by atoms with van der Waals surface area (Å²) in [4.78, 5) is 10.9. The van der Waals surface area contributed by atoms with Crippen LogP contribution in [0.4, 0.5) is 4.79 Å². The van der Waals surface area contributed by atoms with E-state index in [1.165, 1.54) is 0 Å². The van der Waals surface area contributed by atoms with Gasteiger partial charge in [-0.25, -0.2) is 0 Å². The third-order valence-electron chi connectivity index (χ3n) is 2.50. The van der Waals surface area contributed by atoms with Gasteiger partial charge in [-0.15, -0.1) is 0 Å². The molecule has 2 unspecified atom stereocenters. The first-order valence-corrected chi connectivity index (χ1v) is 7.13. The van der Waals surface area contributed by atoms with Crippen molar-refractivity contribution in [2.24, 2.45) is 11.8 Å². The first kappa shape index (κ1) is 17.1. The summed E-state index contributed by atoms with van der Waals surface area (Å²) in [5, 5.41) is 11.8. The van der Waals surface area contributed by atoms with Gasteiger partial charge in [-0.1, -0.05) is 27.7 Å². The van der Waals surface area contributed by atoms with E-state index in [1.54, 1.807) is 22.6 Å². The van der Waals surface area contributed by atoms with Gasteiger partial charge in [-0.3, -0.25) is 4.79 Å². The summed E-state index contributed by atoms with van der Waals surface area (Å²) in [6.45, 7) is 8.83. The second-order valence-corrected chi connectivity index (χ2v) is 6.02. The van der Waals surface area contributed by atoms with Gasteiger partial charge < -0.3 is 15.2 Å². The van der Waals surface area contributed by atoms with Crippen LogP contribution in [0.5, 0.6) is 0 Å². The highest BCUT2D eigenvalue weighted by atomic mass is 127. The highest BCUT2D eigenvalue weighted by molar-refractivity contribution is 14.1. The smallest absolute Gasteiger partial charge is 0.281 e. The molecule has 102 valence electrons. The van der Waals surface area contributed by atoms with E-state index in [0.717, 1.165) is 6.42 Å². The second-order valence-electron chi connectivity index (χ2n) is 5.04. The van der Waals surface area contributed by atoms with E-state index in [0.29, 0.717) is 18.4 Å². The van der Waals surface area contributed by atoms with Crippen LogP contribution in [0.1, 0.15) is 34.1 Å². The van der Waals surface area contributed by atoms with Crippen LogP contribution in [-0.4, -0.2) is 34.4 Å². The van der Waals surface area contributed by atoms with Crippen molar-refractivity contribution in [3.05, 3.63) is 0 Å². The lowest BCUT2D eigenvalue weighted by atomic mass is 9.97. The number of amides is 1. The Kier molecular flexibility index (Phi) is 9.17. The van der Waals surface area contributed by atoms with Gasteiger partial charge in [0.25, 0.3) is 3.91 Å². The van der Waals surface area contributed by atoms with E-state index < -0.39 is 0 Å². The van der Waals surface area contributed by atoms with Crippen LogP contribution >= 0.6 is 22.6 Å². The molecule has 0 spiro atoms. The Morgan fingerprint density at radius 1 is 1.35 bits per heavy atom. The van der Waals surface area contributed by atoms with Crippen molar-refractivity contribution >= 4 is 26.5 Å². The predicted octanol–water partition coefficient (Wildman–Crippen LogP) is 2.58.